The summed E-state index contributed by atoms with van der Waals surface area (Å²) in [6.07, 6.45) is 0. The predicted octanol–water partition coefficient (Wildman–Crippen LogP) is 4.77. The van der Waals surface area contributed by atoms with Gasteiger partial charge in [0, 0.05) is 0 Å². The third-order valence-corrected chi connectivity index (χ3v) is 6.14. The van der Waals surface area contributed by atoms with E-state index in [4.69, 9.17) is 0 Å². The van der Waals surface area contributed by atoms with Crippen LogP contribution < -0.4 is 0 Å². The fourth-order valence-corrected chi connectivity index (χ4v) is 9.21. The molecule has 4 heteroatoms. The van der Waals surface area contributed by atoms with Crippen LogP contribution in [-0.4, -0.2) is 0 Å². The number of hydrogen-bond acceptors (Lipinski definition) is 0. The van der Waals surface area contributed by atoms with Crippen LogP contribution in [0.5, 0.6) is 0 Å². The van der Waals surface area contributed by atoms with Gasteiger partial charge in [0.1, 0.15) is 0 Å². The van der Waals surface area contributed by atoms with Gasteiger partial charge in [0.15, 0.2) is 0 Å². The molecule has 0 aliphatic carbocycles. The van der Waals surface area contributed by atoms with E-state index < -0.39 is 22.9 Å². The van der Waals surface area contributed by atoms with Gasteiger partial charge in [0.05, 0.1) is 0 Å². The summed E-state index contributed by atoms with van der Waals surface area (Å²) in [5.41, 5.74) is 0. The molecule has 0 saturated carbocycles. The minimum Gasteiger partial charge on any atom is -0.147 e. The van der Waals surface area contributed by atoms with Crippen molar-refractivity contribution in [3.63, 3.8) is 0 Å². The quantitative estimate of drug-likeness (QED) is 0.513. The van der Waals surface area contributed by atoms with Crippen LogP contribution in [0.2, 0.25) is 6.34 Å². The molecule has 0 aliphatic rings. The Labute approximate surface area is 107 Å². The first-order valence-corrected chi connectivity index (χ1v) is 7.09. The van der Waals surface area contributed by atoms with Gasteiger partial charge in [-0.1, -0.05) is 0 Å². The van der Waals surface area contributed by atoms with E-state index >= 15 is 0 Å². The van der Waals surface area contributed by atoms with Crippen molar-refractivity contribution in [3.05, 3.63) is 0 Å². The molecule has 0 aromatic rings. The topological polar surface area (TPSA) is 0 Å². The van der Waals surface area contributed by atoms with Crippen molar-refractivity contribution >= 4 is 37.2 Å². The van der Waals surface area contributed by atoms with Crippen molar-refractivity contribution in [2.45, 2.75) is 47.9 Å². The van der Waals surface area contributed by atoms with Crippen LogP contribution in [0.4, 0.5) is 0 Å². The van der Waals surface area contributed by atoms with Crippen molar-refractivity contribution < 1.29 is 22.9 Å². The molecule has 0 amide bonds. The van der Waals surface area contributed by atoms with Crippen LogP contribution in [0, 0.1) is 0 Å². The molecule has 0 aromatic carbocycles. The zero-order chi connectivity index (χ0) is 7.71. The van der Waals surface area contributed by atoms with Gasteiger partial charge in [-0.15, -0.1) is 37.2 Å². The number of hydrogen-bond donors (Lipinski definition) is 0. The molecule has 0 spiro atoms. The Hall–Kier alpha value is 1.74. The Morgan fingerprint density at radius 1 is 0.583 bits per heavy atom. The van der Waals surface area contributed by atoms with Crippen LogP contribution in [-0.2, 0) is 22.9 Å². The second-order valence-corrected chi connectivity index (χ2v) is 16.3. The van der Waals surface area contributed by atoms with E-state index in [2.05, 4.69) is 41.5 Å². The number of halogens is 3. The normalized spacial score (nSPS) is 10.2. The summed E-state index contributed by atoms with van der Waals surface area (Å²) in [6, 6.07) is 0. The van der Waals surface area contributed by atoms with Gasteiger partial charge in [0.25, 0.3) is 0 Å². The fourth-order valence-electron chi connectivity index (χ4n) is 1.12. The number of rotatable bonds is 0. The first kappa shape index (κ1) is 23.5. The molecule has 0 N–H and O–H groups in total. The van der Waals surface area contributed by atoms with Crippen molar-refractivity contribution in [2.24, 2.45) is 0 Å². The van der Waals surface area contributed by atoms with Gasteiger partial charge >= 0.3 is 70.8 Å². The summed E-state index contributed by atoms with van der Waals surface area (Å²) >= 11 is -0.394. The fraction of sp³-hybridized carbons (Fsp3) is 1.00. The third-order valence-electron chi connectivity index (χ3n) is 0.750. The molecule has 0 fully saturated rings. The molecular weight excluding hydrogens is 381 g/mol. The maximum Gasteiger partial charge on any atom is -0.147 e. The minimum absolute atomic E-state index is 0. The van der Waals surface area contributed by atoms with Gasteiger partial charge in [-0.2, -0.15) is 0 Å². The predicted molar refractivity (Wildman–Crippen MR) is 61.2 cm³/mol. The monoisotopic (exact) mass is 402 g/mol. The largest absolute Gasteiger partial charge is 0.147 e. The summed E-state index contributed by atoms with van der Waals surface area (Å²) in [7, 11) is 0. The van der Waals surface area contributed by atoms with Gasteiger partial charge in [0.2, 0.25) is 0 Å². The van der Waals surface area contributed by atoms with E-state index in [0.29, 0.717) is 6.34 Å². The Balaban J connectivity index is -0.000000107. The average molecular weight is 402 g/mol. The Morgan fingerprint density at radius 2 is 0.750 bits per heavy atom. The summed E-state index contributed by atoms with van der Waals surface area (Å²) < 4.78 is 1.36. The molecule has 0 atom stereocenters. The third kappa shape index (κ3) is 22.6. The van der Waals surface area contributed by atoms with E-state index in [1.165, 1.54) is 0 Å². The molecule has 0 aromatic heterocycles. The van der Waals surface area contributed by atoms with Gasteiger partial charge in [-0.25, -0.2) is 0 Å². The smallest absolute Gasteiger partial charge is 0.147 e. The first-order chi connectivity index (χ1) is 3.71. The molecule has 0 rings (SSSR count). The first-order valence-electron chi connectivity index (χ1n) is 3.50. The van der Waals surface area contributed by atoms with Gasteiger partial charge in [-0.05, 0) is 0 Å². The Morgan fingerprint density at radius 3 is 0.750 bits per heavy atom. The van der Waals surface area contributed by atoms with Crippen molar-refractivity contribution in [1.29, 1.82) is 0 Å². The van der Waals surface area contributed by atoms with E-state index in [0.717, 1.165) is 0 Å². The average Bonchev–Trinajstić information content (AvgIpc) is 1.14. The second-order valence-electron chi connectivity index (χ2n) is 4.62. The molecule has 12 heavy (non-hydrogen) atoms. The SMILES string of the molecule is C[C](C)(C)[Hf][C](C)(C)C.Cl.Cl.Cl. The maximum absolute atomic E-state index is 2.38. The van der Waals surface area contributed by atoms with E-state index in [1.807, 2.05) is 0 Å². The molecule has 0 aliphatic heterocycles. The van der Waals surface area contributed by atoms with Crippen LogP contribution in [0.15, 0.2) is 0 Å². The summed E-state index contributed by atoms with van der Waals surface area (Å²) in [6.45, 7) is 14.3. The Kier molecular flexibility index (Phi) is 15.8. The zero-order valence-corrected chi connectivity index (χ0v) is 14.8. The molecule has 0 heterocycles. The standard InChI is InChI=1S/2C4H9.3ClH.Hf/c2*1-4(2)3;;;;/h2*1-3H3;3*1H;. The van der Waals surface area contributed by atoms with Gasteiger partial charge < -0.3 is 0 Å². The van der Waals surface area contributed by atoms with Crippen molar-refractivity contribution in [1.82, 2.24) is 0 Å². The summed E-state index contributed by atoms with van der Waals surface area (Å²) in [4.78, 5) is 0. The minimum atomic E-state index is -0.394. The maximum atomic E-state index is 2.38. The summed E-state index contributed by atoms with van der Waals surface area (Å²) in [5, 5.41) is 0. The van der Waals surface area contributed by atoms with E-state index in [1.54, 1.807) is 0 Å². The van der Waals surface area contributed by atoms with Crippen molar-refractivity contribution in [2.75, 3.05) is 0 Å². The Bertz CT molecular complexity index is 79.5. The molecule has 0 nitrogen and oxygen atoms in total. The molecular formula is C8H21Cl3Hf. The van der Waals surface area contributed by atoms with Crippen LogP contribution >= 0.6 is 37.2 Å². The second kappa shape index (κ2) is 8.08. The van der Waals surface area contributed by atoms with Gasteiger partial charge in [-0.3, -0.25) is 0 Å². The van der Waals surface area contributed by atoms with Crippen LogP contribution in [0.25, 0.3) is 0 Å². The molecule has 0 saturated heterocycles. The molecule has 0 bridgehead atoms. The van der Waals surface area contributed by atoms with E-state index in [-0.39, 0.29) is 37.2 Å². The molecule has 0 unspecified atom stereocenters. The molecule has 78 valence electrons. The molecule has 0 radical (unpaired) electrons. The van der Waals surface area contributed by atoms with Crippen LogP contribution in [0.1, 0.15) is 41.5 Å². The van der Waals surface area contributed by atoms with Crippen LogP contribution in [0.3, 0.4) is 0 Å². The van der Waals surface area contributed by atoms with Crippen molar-refractivity contribution in [3.8, 4) is 0 Å². The zero-order valence-electron chi connectivity index (χ0n) is 8.72. The van der Waals surface area contributed by atoms with E-state index in [9.17, 15) is 0 Å². The summed E-state index contributed by atoms with van der Waals surface area (Å²) in [5.74, 6) is 0.